The average Bonchev–Trinajstić information content (AvgIpc) is 2.35. The van der Waals surface area contributed by atoms with Gasteiger partial charge in [0.05, 0.1) is 0 Å². The van der Waals surface area contributed by atoms with Crippen molar-refractivity contribution in [2.75, 3.05) is 14.1 Å². The van der Waals surface area contributed by atoms with Crippen LogP contribution in [0.25, 0.3) is 0 Å². The molecule has 98 valence electrons. The van der Waals surface area contributed by atoms with Gasteiger partial charge in [0.1, 0.15) is 12.1 Å². The molecule has 5 nitrogen and oxygen atoms in total. The van der Waals surface area contributed by atoms with Gasteiger partial charge in [0.25, 0.3) is 0 Å². The van der Waals surface area contributed by atoms with Gasteiger partial charge < -0.3 is 15.3 Å². The number of benzene rings is 1. The Bertz CT molecular complexity index is 418. The molecule has 0 fully saturated rings. The number of rotatable bonds is 4. The molecule has 2 atom stereocenters. The molecule has 0 unspecified atom stereocenters. The van der Waals surface area contributed by atoms with Crippen LogP contribution < -0.4 is 5.32 Å². The van der Waals surface area contributed by atoms with E-state index in [0.29, 0.717) is 5.56 Å². The van der Waals surface area contributed by atoms with Crippen molar-refractivity contribution in [1.29, 1.82) is 0 Å². The molecule has 0 aliphatic heterocycles. The fourth-order valence-electron chi connectivity index (χ4n) is 1.62. The quantitative estimate of drug-likeness (QED) is 0.808. The van der Waals surface area contributed by atoms with Crippen molar-refractivity contribution in [3.8, 4) is 0 Å². The number of amides is 2. The minimum atomic E-state index is -1.06. The number of nitrogens with zero attached hydrogens (tertiary/aromatic N) is 1. The van der Waals surface area contributed by atoms with Crippen LogP contribution in [0.4, 0.5) is 0 Å². The molecule has 2 N–H and O–H groups in total. The molecule has 1 aromatic carbocycles. The highest BCUT2D eigenvalue weighted by Gasteiger charge is 2.29. The third kappa shape index (κ3) is 3.56. The van der Waals surface area contributed by atoms with E-state index in [-0.39, 0.29) is 11.8 Å². The highest BCUT2D eigenvalue weighted by molar-refractivity contribution is 5.87. The Morgan fingerprint density at radius 2 is 1.78 bits per heavy atom. The monoisotopic (exact) mass is 250 g/mol. The minimum Gasteiger partial charge on any atom is -0.386 e. The Balaban J connectivity index is 2.96. The van der Waals surface area contributed by atoms with Crippen molar-refractivity contribution in [1.82, 2.24) is 10.2 Å². The molecule has 0 aromatic heterocycles. The number of carbonyl (C=O) groups excluding carboxylic acids is 2. The lowest BCUT2D eigenvalue weighted by Crippen LogP contribution is -2.49. The topological polar surface area (TPSA) is 69.6 Å². The van der Waals surface area contributed by atoms with Gasteiger partial charge in [-0.3, -0.25) is 9.59 Å². The maximum absolute atomic E-state index is 11.9. The van der Waals surface area contributed by atoms with Gasteiger partial charge in [-0.2, -0.15) is 0 Å². The van der Waals surface area contributed by atoms with E-state index in [4.69, 9.17) is 0 Å². The number of carbonyl (C=O) groups is 2. The first kappa shape index (κ1) is 14.2. The van der Waals surface area contributed by atoms with Gasteiger partial charge in [-0.05, 0) is 5.56 Å². The van der Waals surface area contributed by atoms with Gasteiger partial charge in [0.2, 0.25) is 11.8 Å². The van der Waals surface area contributed by atoms with Crippen molar-refractivity contribution in [3.63, 3.8) is 0 Å². The third-order valence-corrected chi connectivity index (χ3v) is 2.52. The molecule has 0 radical (unpaired) electrons. The highest BCUT2D eigenvalue weighted by atomic mass is 16.3. The molecule has 18 heavy (non-hydrogen) atoms. The maximum atomic E-state index is 11.9. The van der Waals surface area contributed by atoms with Crippen LogP contribution in [0, 0.1) is 0 Å². The van der Waals surface area contributed by atoms with E-state index in [2.05, 4.69) is 5.32 Å². The molecule has 0 heterocycles. The summed E-state index contributed by atoms with van der Waals surface area (Å²) in [6, 6.07) is 7.80. The number of likely N-dealkylation sites (N-methyl/N-ethyl adjacent to an activating group) is 1. The largest absolute Gasteiger partial charge is 0.386 e. The number of aliphatic hydroxyl groups is 1. The van der Waals surface area contributed by atoms with Gasteiger partial charge in [-0.1, -0.05) is 30.3 Å². The Hall–Kier alpha value is -1.88. The molecular formula is C13H18N2O3. The Morgan fingerprint density at radius 3 is 2.22 bits per heavy atom. The van der Waals surface area contributed by atoms with Crippen LogP contribution in [-0.4, -0.2) is 42.0 Å². The van der Waals surface area contributed by atoms with Gasteiger partial charge in [0.15, 0.2) is 0 Å². The second-order valence-electron chi connectivity index (χ2n) is 4.27. The molecular weight excluding hydrogens is 232 g/mol. The summed E-state index contributed by atoms with van der Waals surface area (Å²) in [7, 11) is 3.16. The second kappa shape index (κ2) is 6.16. The minimum absolute atomic E-state index is 0.346. The molecule has 1 rings (SSSR count). The summed E-state index contributed by atoms with van der Waals surface area (Å²) in [6.45, 7) is 1.31. The molecule has 0 spiro atoms. The predicted molar refractivity (Wildman–Crippen MR) is 67.7 cm³/mol. The predicted octanol–water partition coefficient (Wildman–Crippen LogP) is 0.313. The van der Waals surface area contributed by atoms with Gasteiger partial charge in [-0.15, -0.1) is 0 Å². The standard InChI is InChI=1S/C13H18N2O3/c1-9(16)14-11(13(18)15(2)3)12(17)10-7-5-4-6-8-10/h4-8,11-12,17H,1-3H3,(H,14,16)/t11-,12+/m1/s1. The third-order valence-electron chi connectivity index (χ3n) is 2.52. The van der Waals surface area contributed by atoms with Gasteiger partial charge in [0, 0.05) is 21.0 Å². The highest BCUT2D eigenvalue weighted by Crippen LogP contribution is 2.17. The summed E-state index contributed by atoms with van der Waals surface area (Å²) in [5.74, 6) is -0.702. The van der Waals surface area contributed by atoms with E-state index in [9.17, 15) is 14.7 Å². The fourth-order valence-corrected chi connectivity index (χ4v) is 1.62. The van der Waals surface area contributed by atoms with Crippen molar-refractivity contribution in [2.24, 2.45) is 0 Å². The van der Waals surface area contributed by atoms with Crippen LogP contribution in [0.2, 0.25) is 0 Å². The fraction of sp³-hybridized carbons (Fsp3) is 0.385. The first-order valence-electron chi connectivity index (χ1n) is 5.64. The normalized spacial score (nSPS) is 13.6. The lowest BCUT2D eigenvalue weighted by molar-refractivity contribution is -0.137. The lowest BCUT2D eigenvalue weighted by atomic mass is 10.0. The summed E-state index contributed by atoms with van der Waals surface area (Å²) in [5, 5.41) is 12.7. The zero-order valence-corrected chi connectivity index (χ0v) is 10.8. The van der Waals surface area contributed by atoms with E-state index in [1.54, 1.807) is 38.4 Å². The zero-order chi connectivity index (χ0) is 13.7. The Labute approximate surface area is 106 Å². The lowest BCUT2D eigenvalue weighted by Gasteiger charge is -2.25. The molecule has 1 aromatic rings. The first-order chi connectivity index (χ1) is 8.43. The van der Waals surface area contributed by atoms with Crippen molar-refractivity contribution < 1.29 is 14.7 Å². The maximum Gasteiger partial charge on any atom is 0.247 e. The SMILES string of the molecule is CC(=O)N[C@@H](C(=O)N(C)C)[C@@H](O)c1ccccc1. The molecule has 0 aliphatic carbocycles. The Morgan fingerprint density at radius 1 is 1.22 bits per heavy atom. The molecule has 0 aliphatic rings. The van der Waals surface area contributed by atoms with Crippen molar-refractivity contribution >= 4 is 11.8 Å². The van der Waals surface area contributed by atoms with E-state index in [1.807, 2.05) is 6.07 Å². The number of nitrogens with one attached hydrogen (secondary N) is 1. The summed E-state index contributed by atoms with van der Waals surface area (Å²) in [5.41, 5.74) is 0.589. The van der Waals surface area contributed by atoms with E-state index in [0.717, 1.165) is 0 Å². The van der Waals surface area contributed by atoms with Crippen molar-refractivity contribution in [3.05, 3.63) is 35.9 Å². The average molecular weight is 250 g/mol. The number of aliphatic hydroxyl groups excluding tert-OH is 1. The van der Waals surface area contributed by atoms with E-state index < -0.39 is 12.1 Å². The smallest absolute Gasteiger partial charge is 0.247 e. The van der Waals surface area contributed by atoms with Crippen LogP contribution in [0.15, 0.2) is 30.3 Å². The first-order valence-corrected chi connectivity index (χ1v) is 5.64. The summed E-state index contributed by atoms with van der Waals surface area (Å²) < 4.78 is 0. The number of hydrogen-bond acceptors (Lipinski definition) is 3. The molecule has 0 saturated carbocycles. The van der Waals surface area contributed by atoms with Crippen LogP contribution in [0.1, 0.15) is 18.6 Å². The molecule has 5 heteroatoms. The van der Waals surface area contributed by atoms with E-state index in [1.165, 1.54) is 11.8 Å². The van der Waals surface area contributed by atoms with Crippen LogP contribution in [-0.2, 0) is 9.59 Å². The van der Waals surface area contributed by atoms with Crippen LogP contribution in [0.3, 0.4) is 0 Å². The van der Waals surface area contributed by atoms with E-state index >= 15 is 0 Å². The van der Waals surface area contributed by atoms with Crippen LogP contribution >= 0.6 is 0 Å². The number of hydrogen-bond donors (Lipinski definition) is 2. The molecule has 0 saturated heterocycles. The summed E-state index contributed by atoms with van der Waals surface area (Å²) in [4.78, 5) is 24.4. The molecule has 0 bridgehead atoms. The molecule has 2 amide bonds. The summed E-state index contributed by atoms with van der Waals surface area (Å²) in [6.07, 6.45) is -1.06. The van der Waals surface area contributed by atoms with Gasteiger partial charge >= 0.3 is 0 Å². The van der Waals surface area contributed by atoms with Crippen LogP contribution in [0.5, 0.6) is 0 Å². The van der Waals surface area contributed by atoms with Crippen molar-refractivity contribution in [2.45, 2.75) is 19.1 Å². The Kier molecular flexibility index (Phi) is 4.85. The summed E-state index contributed by atoms with van der Waals surface area (Å²) >= 11 is 0. The van der Waals surface area contributed by atoms with Gasteiger partial charge in [-0.25, -0.2) is 0 Å². The second-order valence-corrected chi connectivity index (χ2v) is 4.27. The zero-order valence-electron chi connectivity index (χ0n) is 10.8.